The first-order chi connectivity index (χ1) is 19.1. The number of phenols is 1. The molecular formula is C34H42O7. The number of aliphatic hydroxyl groups is 3. The highest BCUT2D eigenvalue weighted by molar-refractivity contribution is 6.25. The van der Waals surface area contributed by atoms with Crippen LogP contribution in [0.15, 0.2) is 53.0 Å². The quantitative estimate of drug-likeness (QED) is 0.246. The van der Waals surface area contributed by atoms with Crippen molar-refractivity contribution in [3.05, 3.63) is 64.1 Å². The summed E-state index contributed by atoms with van der Waals surface area (Å²) in [5.41, 5.74) is -4.21. The molecule has 6 atom stereocenters. The van der Waals surface area contributed by atoms with Gasteiger partial charge in [-0.1, -0.05) is 71.7 Å². The highest BCUT2D eigenvalue weighted by atomic mass is 16.3. The van der Waals surface area contributed by atoms with Crippen molar-refractivity contribution >= 4 is 17.3 Å². The monoisotopic (exact) mass is 562 g/mol. The summed E-state index contributed by atoms with van der Waals surface area (Å²) in [6, 6.07) is 4.94. The van der Waals surface area contributed by atoms with Gasteiger partial charge in [-0.15, -0.1) is 0 Å². The van der Waals surface area contributed by atoms with Crippen LogP contribution < -0.4 is 0 Å². The first-order valence-electron chi connectivity index (χ1n) is 14.8. The Morgan fingerprint density at radius 2 is 1.71 bits per heavy atom. The number of rotatable bonds is 5. The molecular weight excluding hydrogens is 520 g/mol. The van der Waals surface area contributed by atoms with Crippen LogP contribution in [-0.4, -0.2) is 43.4 Å². The molecule has 0 saturated heterocycles. The lowest BCUT2D eigenvalue weighted by atomic mass is 9.38. The van der Waals surface area contributed by atoms with E-state index in [0.717, 1.165) is 38.2 Å². The first-order valence-corrected chi connectivity index (χ1v) is 14.8. The van der Waals surface area contributed by atoms with Gasteiger partial charge in [-0.2, -0.15) is 0 Å². The average Bonchev–Trinajstić information content (AvgIpc) is 3.43. The maximum absolute atomic E-state index is 14.3. The van der Waals surface area contributed by atoms with E-state index in [9.17, 15) is 34.8 Å². The molecule has 0 amide bonds. The van der Waals surface area contributed by atoms with E-state index in [0.29, 0.717) is 17.9 Å². The van der Waals surface area contributed by atoms with Crippen LogP contribution in [0.3, 0.4) is 0 Å². The number of Topliss-reactive ketones (excluding diaryl/α,β-unsaturated/α-hetero) is 3. The Labute approximate surface area is 241 Å². The number of carbonyl (C=O) groups excluding carboxylic acids is 3. The van der Waals surface area contributed by atoms with E-state index < -0.39 is 62.9 Å². The van der Waals surface area contributed by atoms with E-state index in [1.165, 1.54) is 6.07 Å². The summed E-state index contributed by atoms with van der Waals surface area (Å²) in [7, 11) is 0. The molecule has 7 heteroatoms. The van der Waals surface area contributed by atoms with Gasteiger partial charge in [-0.05, 0) is 61.5 Å². The maximum Gasteiger partial charge on any atom is 0.209 e. The molecule has 1 fully saturated rings. The van der Waals surface area contributed by atoms with Crippen LogP contribution in [0, 0.1) is 34.5 Å². The Balaban J connectivity index is 1.86. The van der Waals surface area contributed by atoms with Gasteiger partial charge in [0.2, 0.25) is 5.78 Å². The topological polar surface area (TPSA) is 132 Å². The fourth-order valence-corrected chi connectivity index (χ4v) is 9.23. The average molecular weight is 563 g/mol. The summed E-state index contributed by atoms with van der Waals surface area (Å²) in [6.07, 6.45) is 4.80. The van der Waals surface area contributed by atoms with Crippen molar-refractivity contribution in [2.45, 2.75) is 85.2 Å². The third kappa shape index (κ3) is 3.50. The van der Waals surface area contributed by atoms with Crippen molar-refractivity contribution in [3.63, 3.8) is 0 Å². The van der Waals surface area contributed by atoms with Gasteiger partial charge in [0.05, 0.1) is 5.56 Å². The predicted octanol–water partition coefficient (Wildman–Crippen LogP) is 6.27. The fraction of sp³-hybridized carbons (Fsp3) is 0.559. The molecule has 4 N–H and O–H groups in total. The molecule has 0 aromatic heterocycles. The molecule has 1 unspecified atom stereocenters. The Morgan fingerprint density at radius 1 is 1.10 bits per heavy atom. The van der Waals surface area contributed by atoms with E-state index in [-0.39, 0.29) is 28.6 Å². The number of ketones is 3. The van der Waals surface area contributed by atoms with Gasteiger partial charge < -0.3 is 20.4 Å². The van der Waals surface area contributed by atoms with E-state index in [1.54, 1.807) is 13.0 Å². The molecule has 1 saturated carbocycles. The van der Waals surface area contributed by atoms with Gasteiger partial charge in [0, 0.05) is 22.3 Å². The van der Waals surface area contributed by atoms with Crippen LogP contribution in [-0.2, 0) is 9.59 Å². The molecule has 1 aromatic carbocycles. The highest BCUT2D eigenvalue weighted by Crippen LogP contribution is 2.71. The zero-order valence-corrected chi connectivity index (χ0v) is 24.9. The molecule has 4 aliphatic carbocycles. The van der Waals surface area contributed by atoms with E-state index >= 15 is 0 Å². The van der Waals surface area contributed by atoms with Gasteiger partial charge in [-0.3, -0.25) is 14.4 Å². The number of hydrogen-bond donors (Lipinski definition) is 4. The highest BCUT2D eigenvalue weighted by Gasteiger charge is 2.75. The summed E-state index contributed by atoms with van der Waals surface area (Å²) in [5.74, 6) is -5.87. The Bertz CT molecular complexity index is 1440. The number of benzene rings is 1. The van der Waals surface area contributed by atoms with E-state index in [1.807, 2.05) is 33.8 Å². The molecule has 7 nitrogen and oxygen atoms in total. The number of aliphatic hydroxyl groups excluding tert-OH is 2. The predicted molar refractivity (Wildman–Crippen MR) is 155 cm³/mol. The van der Waals surface area contributed by atoms with Crippen molar-refractivity contribution in [1.82, 2.24) is 0 Å². The van der Waals surface area contributed by atoms with Gasteiger partial charge in [-0.25, -0.2) is 0 Å². The van der Waals surface area contributed by atoms with Crippen molar-refractivity contribution in [2.75, 3.05) is 0 Å². The second-order valence-electron chi connectivity index (χ2n) is 13.6. The number of allylic oxidation sites excluding steroid dienone is 3. The summed E-state index contributed by atoms with van der Waals surface area (Å²) < 4.78 is 0. The summed E-state index contributed by atoms with van der Waals surface area (Å²) >= 11 is 0. The fourth-order valence-electron chi connectivity index (χ4n) is 9.23. The lowest BCUT2D eigenvalue weighted by Crippen LogP contribution is -2.71. The number of hydrogen-bond acceptors (Lipinski definition) is 7. The van der Waals surface area contributed by atoms with Gasteiger partial charge in [0.15, 0.2) is 17.2 Å². The van der Waals surface area contributed by atoms with Gasteiger partial charge >= 0.3 is 0 Å². The molecule has 41 heavy (non-hydrogen) atoms. The van der Waals surface area contributed by atoms with Crippen LogP contribution in [0.4, 0.5) is 0 Å². The van der Waals surface area contributed by atoms with Crippen LogP contribution in [0.5, 0.6) is 5.75 Å². The molecule has 1 aromatic rings. The zero-order chi connectivity index (χ0) is 30.4. The lowest BCUT2D eigenvalue weighted by molar-refractivity contribution is -0.189. The van der Waals surface area contributed by atoms with Crippen LogP contribution in [0.1, 0.15) is 95.5 Å². The van der Waals surface area contributed by atoms with E-state index in [2.05, 4.69) is 6.58 Å². The Hall–Kier alpha value is -3.19. The minimum atomic E-state index is -2.64. The minimum absolute atomic E-state index is 0.0454. The van der Waals surface area contributed by atoms with Crippen molar-refractivity contribution in [2.24, 2.45) is 34.5 Å². The van der Waals surface area contributed by atoms with Crippen LogP contribution in [0.25, 0.3) is 0 Å². The first kappa shape index (κ1) is 29.3. The second kappa shape index (κ2) is 9.41. The van der Waals surface area contributed by atoms with Crippen molar-refractivity contribution in [3.8, 4) is 5.75 Å². The Kier molecular flexibility index (Phi) is 6.73. The zero-order valence-electron chi connectivity index (χ0n) is 24.9. The normalized spacial score (nSPS) is 35.5. The number of fused-ring (bicyclic) bond motifs is 3. The van der Waals surface area contributed by atoms with Gasteiger partial charge in [0.1, 0.15) is 22.8 Å². The molecule has 0 aliphatic heterocycles. The lowest BCUT2D eigenvalue weighted by Gasteiger charge is -2.64. The number of carbonyl (C=O) groups is 3. The molecule has 0 heterocycles. The molecule has 4 aliphatic rings. The van der Waals surface area contributed by atoms with Crippen LogP contribution >= 0.6 is 0 Å². The van der Waals surface area contributed by atoms with E-state index in [4.69, 9.17) is 0 Å². The van der Waals surface area contributed by atoms with Crippen molar-refractivity contribution < 1.29 is 34.8 Å². The molecule has 5 rings (SSSR count). The molecule has 0 spiro atoms. The SMILES string of the molecule is C=C(C[C@@H]1c2cccc(O)c2C(=O)C2=C(O)[C@@]3(O)C(=O)C(C(C)=O)=C(O)C(C(C)C)[C@@]3(C)[C@H](C)[C@]21C)C1CCCC1. The molecule has 0 bridgehead atoms. The molecule has 0 radical (unpaired) electrons. The minimum Gasteiger partial charge on any atom is -0.511 e. The Morgan fingerprint density at radius 3 is 2.27 bits per heavy atom. The van der Waals surface area contributed by atoms with Gasteiger partial charge in [0.25, 0.3) is 0 Å². The summed E-state index contributed by atoms with van der Waals surface area (Å²) in [5, 5.41) is 46.9. The van der Waals surface area contributed by atoms with Crippen molar-refractivity contribution in [1.29, 1.82) is 0 Å². The number of aromatic hydroxyl groups is 1. The third-order valence-corrected chi connectivity index (χ3v) is 11.5. The summed E-state index contributed by atoms with van der Waals surface area (Å²) in [6.45, 7) is 14.7. The third-order valence-electron chi connectivity index (χ3n) is 11.5. The van der Waals surface area contributed by atoms with Crippen LogP contribution in [0.2, 0.25) is 0 Å². The maximum atomic E-state index is 14.3. The smallest absolute Gasteiger partial charge is 0.209 e. The second-order valence-corrected chi connectivity index (χ2v) is 13.6. The largest absolute Gasteiger partial charge is 0.511 e. The summed E-state index contributed by atoms with van der Waals surface area (Å²) in [4.78, 5) is 41.0. The molecule has 220 valence electrons. The standard InChI is InChI=1S/C34H42O7/c1-16(2)26-28(37)24(18(4)35)30(39)34(41)31(40)27-29(38)25-21(13-10-14-23(25)36)22(15-17(3)20-11-8-9-12-20)32(27,6)19(5)33(26,34)7/h10,13-14,16,19-20,22,26,36-37,40-41H,3,8-9,11-12,15H2,1-2,4-7H3/t19-,22-,26?,32+,33-,34+/m1/s1. The number of phenolic OH excluding ortho intramolecular Hbond substituents is 1.